The average molecular weight is 223 g/mol. The second-order valence-electron chi connectivity index (χ2n) is 3.99. The van der Waals surface area contributed by atoms with E-state index in [1.165, 1.54) is 0 Å². The van der Waals surface area contributed by atoms with Crippen molar-refractivity contribution in [2.45, 2.75) is 20.4 Å². The Morgan fingerprint density at radius 2 is 2.06 bits per heavy atom. The number of rotatable bonds is 2. The lowest BCUT2D eigenvalue weighted by Gasteiger charge is -2.27. The smallest absolute Gasteiger partial charge is 0.244 e. The number of hydrogen-bond donors (Lipinski definition) is 1. The summed E-state index contributed by atoms with van der Waals surface area (Å²) >= 11 is 0. The maximum atomic E-state index is 11.9. The van der Waals surface area contributed by atoms with Crippen molar-refractivity contribution in [2.24, 2.45) is 0 Å². The molecule has 0 unspecified atom stereocenters. The van der Waals surface area contributed by atoms with Gasteiger partial charge in [-0.1, -0.05) is 0 Å². The van der Waals surface area contributed by atoms with Crippen molar-refractivity contribution in [1.82, 2.24) is 25.0 Å². The van der Waals surface area contributed by atoms with Crippen molar-refractivity contribution in [3.63, 3.8) is 0 Å². The zero-order valence-electron chi connectivity index (χ0n) is 9.73. The van der Waals surface area contributed by atoms with Gasteiger partial charge in [-0.15, -0.1) is 0 Å². The highest BCUT2D eigenvalue weighted by molar-refractivity contribution is 5.76. The first-order valence-electron chi connectivity index (χ1n) is 5.53. The van der Waals surface area contributed by atoms with Crippen LogP contribution in [-0.2, 0) is 11.3 Å². The van der Waals surface area contributed by atoms with Gasteiger partial charge < -0.3 is 10.2 Å². The number of piperazine rings is 1. The Morgan fingerprint density at radius 3 is 2.62 bits per heavy atom. The molecule has 0 bridgehead atoms. The third-order valence-corrected chi connectivity index (χ3v) is 2.72. The fourth-order valence-corrected chi connectivity index (χ4v) is 1.85. The summed E-state index contributed by atoms with van der Waals surface area (Å²) in [6.07, 6.45) is 0. The number of carbonyl (C=O) groups excluding carboxylic acids is 1. The molecular formula is C10H17N5O. The van der Waals surface area contributed by atoms with Crippen molar-refractivity contribution in [3.05, 3.63) is 11.6 Å². The fourth-order valence-electron chi connectivity index (χ4n) is 1.85. The third kappa shape index (κ3) is 2.38. The lowest BCUT2D eigenvalue weighted by molar-refractivity contribution is -0.132. The van der Waals surface area contributed by atoms with E-state index in [9.17, 15) is 4.79 Å². The Hall–Kier alpha value is -1.43. The molecule has 0 radical (unpaired) electrons. The Morgan fingerprint density at radius 1 is 1.38 bits per heavy atom. The Bertz CT molecular complexity index is 381. The molecule has 1 aliphatic rings. The molecule has 1 aromatic heterocycles. The molecule has 6 nitrogen and oxygen atoms in total. The van der Waals surface area contributed by atoms with Crippen LogP contribution in [0.2, 0.25) is 0 Å². The Labute approximate surface area is 94.6 Å². The predicted molar refractivity (Wildman–Crippen MR) is 58.9 cm³/mol. The van der Waals surface area contributed by atoms with Crippen LogP contribution in [0.5, 0.6) is 0 Å². The minimum atomic E-state index is 0.120. The van der Waals surface area contributed by atoms with E-state index in [1.54, 1.807) is 4.68 Å². The number of hydrogen-bond acceptors (Lipinski definition) is 4. The largest absolute Gasteiger partial charge is 0.339 e. The highest BCUT2D eigenvalue weighted by atomic mass is 16.2. The molecule has 1 amide bonds. The molecular weight excluding hydrogens is 206 g/mol. The molecule has 2 rings (SSSR count). The lowest BCUT2D eigenvalue weighted by atomic mass is 10.3. The predicted octanol–water partition coefficient (Wildman–Crippen LogP) is -0.673. The summed E-state index contributed by atoms with van der Waals surface area (Å²) in [6, 6.07) is 0. The van der Waals surface area contributed by atoms with Gasteiger partial charge >= 0.3 is 0 Å². The molecule has 6 heteroatoms. The van der Waals surface area contributed by atoms with Gasteiger partial charge in [-0.3, -0.25) is 4.79 Å². The first-order valence-corrected chi connectivity index (χ1v) is 5.53. The summed E-state index contributed by atoms with van der Waals surface area (Å²) in [4.78, 5) is 18.0. The van der Waals surface area contributed by atoms with Crippen LogP contribution in [0.15, 0.2) is 0 Å². The quantitative estimate of drug-likeness (QED) is 0.722. The first-order chi connectivity index (χ1) is 7.66. The van der Waals surface area contributed by atoms with Crippen LogP contribution in [0.1, 0.15) is 11.6 Å². The van der Waals surface area contributed by atoms with Crippen LogP contribution in [-0.4, -0.2) is 51.8 Å². The summed E-state index contributed by atoms with van der Waals surface area (Å²) in [5.74, 6) is 1.63. The number of carbonyl (C=O) groups is 1. The normalized spacial score (nSPS) is 16.5. The van der Waals surface area contributed by atoms with Crippen molar-refractivity contribution in [3.8, 4) is 0 Å². The molecule has 1 N–H and O–H groups in total. The van der Waals surface area contributed by atoms with Gasteiger partial charge in [0.25, 0.3) is 0 Å². The Kier molecular flexibility index (Phi) is 3.19. The summed E-state index contributed by atoms with van der Waals surface area (Å²) in [7, 11) is 0. The summed E-state index contributed by atoms with van der Waals surface area (Å²) in [5, 5.41) is 7.41. The molecule has 88 valence electrons. The van der Waals surface area contributed by atoms with Crippen molar-refractivity contribution < 1.29 is 4.79 Å². The number of nitrogens with zero attached hydrogens (tertiary/aromatic N) is 4. The minimum absolute atomic E-state index is 0.120. The number of amides is 1. The summed E-state index contributed by atoms with van der Waals surface area (Å²) in [5.41, 5.74) is 0. The molecule has 0 aromatic carbocycles. The van der Waals surface area contributed by atoms with E-state index in [0.717, 1.165) is 32.0 Å². The Balaban J connectivity index is 1.98. The van der Waals surface area contributed by atoms with E-state index in [0.29, 0.717) is 12.4 Å². The van der Waals surface area contributed by atoms with E-state index >= 15 is 0 Å². The molecule has 2 heterocycles. The van der Waals surface area contributed by atoms with Gasteiger partial charge in [0.05, 0.1) is 0 Å². The number of aryl methyl sites for hydroxylation is 2. The van der Waals surface area contributed by atoms with Crippen molar-refractivity contribution in [2.75, 3.05) is 26.2 Å². The molecule has 1 aromatic rings. The summed E-state index contributed by atoms with van der Waals surface area (Å²) < 4.78 is 1.67. The van der Waals surface area contributed by atoms with Crippen LogP contribution in [0.4, 0.5) is 0 Å². The lowest BCUT2D eigenvalue weighted by Crippen LogP contribution is -2.47. The molecule has 0 spiro atoms. The molecule has 0 atom stereocenters. The molecule has 0 aliphatic carbocycles. The van der Waals surface area contributed by atoms with Crippen LogP contribution in [0, 0.1) is 13.8 Å². The molecule has 0 saturated carbocycles. The van der Waals surface area contributed by atoms with E-state index < -0.39 is 0 Å². The fraction of sp³-hybridized carbons (Fsp3) is 0.700. The topological polar surface area (TPSA) is 63.1 Å². The van der Waals surface area contributed by atoms with E-state index in [2.05, 4.69) is 15.4 Å². The molecule has 16 heavy (non-hydrogen) atoms. The minimum Gasteiger partial charge on any atom is -0.339 e. The second kappa shape index (κ2) is 4.61. The van der Waals surface area contributed by atoms with Crippen LogP contribution < -0.4 is 5.32 Å². The first kappa shape index (κ1) is 11.1. The van der Waals surface area contributed by atoms with E-state index in [-0.39, 0.29) is 5.91 Å². The number of nitrogens with one attached hydrogen (secondary N) is 1. The van der Waals surface area contributed by atoms with Gasteiger partial charge in [0.2, 0.25) is 5.91 Å². The van der Waals surface area contributed by atoms with Gasteiger partial charge in [-0.25, -0.2) is 9.67 Å². The van der Waals surface area contributed by atoms with Crippen LogP contribution >= 0.6 is 0 Å². The van der Waals surface area contributed by atoms with Gasteiger partial charge in [-0.2, -0.15) is 5.10 Å². The molecule has 1 fully saturated rings. The zero-order chi connectivity index (χ0) is 11.5. The molecule has 1 saturated heterocycles. The zero-order valence-corrected chi connectivity index (χ0v) is 9.73. The van der Waals surface area contributed by atoms with Crippen LogP contribution in [0.25, 0.3) is 0 Å². The highest BCUT2D eigenvalue weighted by Gasteiger charge is 2.17. The van der Waals surface area contributed by atoms with Crippen molar-refractivity contribution in [1.29, 1.82) is 0 Å². The summed E-state index contributed by atoms with van der Waals surface area (Å²) in [6.45, 7) is 7.32. The SMILES string of the molecule is Cc1nc(C)n(CC(=O)N2CCNCC2)n1. The average Bonchev–Trinajstić information content (AvgIpc) is 2.59. The van der Waals surface area contributed by atoms with Gasteiger partial charge in [0, 0.05) is 26.2 Å². The third-order valence-electron chi connectivity index (χ3n) is 2.72. The maximum absolute atomic E-state index is 11.9. The van der Waals surface area contributed by atoms with E-state index in [1.807, 2.05) is 18.7 Å². The second-order valence-corrected chi connectivity index (χ2v) is 3.99. The maximum Gasteiger partial charge on any atom is 0.244 e. The monoisotopic (exact) mass is 223 g/mol. The van der Waals surface area contributed by atoms with Crippen LogP contribution in [0.3, 0.4) is 0 Å². The highest BCUT2D eigenvalue weighted by Crippen LogP contribution is 2.00. The van der Waals surface area contributed by atoms with Gasteiger partial charge in [0.15, 0.2) is 0 Å². The molecule has 1 aliphatic heterocycles. The van der Waals surface area contributed by atoms with Gasteiger partial charge in [-0.05, 0) is 13.8 Å². The van der Waals surface area contributed by atoms with Crippen molar-refractivity contribution >= 4 is 5.91 Å². The number of aromatic nitrogens is 3. The standard InChI is InChI=1S/C10H17N5O/c1-8-12-9(2)15(13-8)7-10(16)14-5-3-11-4-6-14/h11H,3-7H2,1-2H3. The van der Waals surface area contributed by atoms with Gasteiger partial charge in [0.1, 0.15) is 18.2 Å². The van der Waals surface area contributed by atoms with E-state index in [4.69, 9.17) is 0 Å².